The van der Waals surface area contributed by atoms with Gasteiger partial charge in [0.05, 0.1) is 35.5 Å². The Morgan fingerprint density at radius 3 is 2.47 bits per heavy atom. The lowest BCUT2D eigenvalue weighted by Crippen LogP contribution is -2.29. The highest BCUT2D eigenvalue weighted by Gasteiger charge is 2.48. The molecule has 0 bridgehead atoms. The lowest BCUT2D eigenvalue weighted by Gasteiger charge is -2.23. The highest BCUT2D eigenvalue weighted by Crippen LogP contribution is 2.45. The van der Waals surface area contributed by atoms with Crippen molar-refractivity contribution < 1.29 is 24.2 Å². The lowest BCUT2D eigenvalue weighted by atomic mass is 9.93. The summed E-state index contributed by atoms with van der Waals surface area (Å²) in [5.74, 6) is -0.333. The second-order valence-electron chi connectivity index (χ2n) is 9.24. The number of nitrogens with zero attached hydrogens (tertiary/aromatic N) is 2. The number of aromatic nitrogens is 1. The van der Waals surface area contributed by atoms with E-state index < -0.39 is 17.7 Å². The minimum absolute atomic E-state index is 0.0303. The first-order valence-corrected chi connectivity index (χ1v) is 13.2. The maximum absolute atomic E-state index is 13.5. The van der Waals surface area contributed by atoms with E-state index in [9.17, 15) is 14.7 Å². The van der Waals surface area contributed by atoms with Gasteiger partial charge in [-0.25, -0.2) is 4.98 Å². The number of benzene rings is 3. The molecule has 7 nitrogen and oxygen atoms in total. The van der Waals surface area contributed by atoms with Gasteiger partial charge >= 0.3 is 5.91 Å². The number of rotatable bonds is 7. The number of amides is 1. The Balaban J connectivity index is 1.69. The standard InChI is InChI=1S/C30H28N2O5S/c1-5-14-37-20-10-8-19(9-11-20)26-25(27(33)22-15-17(2)6-7-18(22)3)28(34)29(35)32(26)30-31-23-13-12-21(36-4)16-24(23)38-30/h6-13,15-16,26,33H,5,14H2,1-4H3. The average molecular weight is 529 g/mol. The molecule has 0 spiro atoms. The summed E-state index contributed by atoms with van der Waals surface area (Å²) in [6.45, 7) is 6.39. The summed E-state index contributed by atoms with van der Waals surface area (Å²) >= 11 is 1.29. The molecule has 4 aromatic rings. The van der Waals surface area contributed by atoms with Crippen molar-refractivity contribution in [2.75, 3.05) is 18.6 Å². The zero-order valence-corrected chi connectivity index (χ0v) is 22.5. The summed E-state index contributed by atoms with van der Waals surface area (Å²) in [6.07, 6.45) is 0.875. The Labute approximate surface area is 225 Å². The number of hydrogen-bond acceptors (Lipinski definition) is 7. The molecule has 1 atom stereocenters. The number of Topliss-reactive ketones (excluding diaryl/α,β-unsaturated/α-hetero) is 1. The van der Waals surface area contributed by atoms with E-state index in [4.69, 9.17) is 9.47 Å². The number of anilines is 1. The summed E-state index contributed by atoms with van der Waals surface area (Å²) in [5.41, 5.74) is 3.63. The molecule has 1 unspecified atom stereocenters. The summed E-state index contributed by atoms with van der Waals surface area (Å²) in [6, 6.07) is 17.5. The second kappa shape index (κ2) is 10.3. The number of ketones is 1. The van der Waals surface area contributed by atoms with Crippen molar-refractivity contribution in [1.82, 2.24) is 4.98 Å². The number of fused-ring (bicyclic) bond motifs is 1. The highest BCUT2D eigenvalue weighted by molar-refractivity contribution is 7.22. The predicted molar refractivity (Wildman–Crippen MR) is 149 cm³/mol. The van der Waals surface area contributed by atoms with Gasteiger partial charge in [-0.3, -0.25) is 14.5 Å². The van der Waals surface area contributed by atoms with Gasteiger partial charge in [0.25, 0.3) is 5.78 Å². The monoisotopic (exact) mass is 528 g/mol. The molecule has 1 N–H and O–H groups in total. The molecular weight excluding hydrogens is 500 g/mol. The van der Waals surface area contributed by atoms with Crippen LogP contribution in [0.5, 0.6) is 11.5 Å². The maximum atomic E-state index is 13.5. The number of methoxy groups -OCH3 is 1. The summed E-state index contributed by atoms with van der Waals surface area (Å²) < 4.78 is 11.9. The molecule has 2 heterocycles. The molecule has 0 saturated carbocycles. The Bertz CT molecular complexity index is 1570. The second-order valence-corrected chi connectivity index (χ2v) is 10.2. The number of thiazole rings is 1. The van der Waals surface area contributed by atoms with Crippen molar-refractivity contribution >= 4 is 44.1 Å². The van der Waals surface area contributed by atoms with Crippen molar-refractivity contribution in [3.8, 4) is 11.5 Å². The van der Waals surface area contributed by atoms with Crippen LogP contribution in [0.2, 0.25) is 0 Å². The summed E-state index contributed by atoms with van der Waals surface area (Å²) in [4.78, 5) is 33.1. The average Bonchev–Trinajstić information content (AvgIpc) is 3.46. The van der Waals surface area contributed by atoms with Crippen LogP contribution in [0.1, 0.15) is 41.6 Å². The van der Waals surface area contributed by atoms with Crippen LogP contribution >= 0.6 is 11.3 Å². The minimum Gasteiger partial charge on any atom is -0.507 e. The zero-order valence-electron chi connectivity index (χ0n) is 21.6. The third kappa shape index (κ3) is 4.52. The molecule has 194 valence electrons. The molecule has 1 aliphatic heterocycles. The molecule has 1 amide bonds. The van der Waals surface area contributed by atoms with Crippen molar-refractivity contribution in [3.05, 3.63) is 88.5 Å². The largest absolute Gasteiger partial charge is 0.507 e. The van der Waals surface area contributed by atoms with Gasteiger partial charge in [0.2, 0.25) is 0 Å². The predicted octanol–water partition coefficient (Wildman–Crippen LogP) is 6.34. The topological polar surface area (TPSA) is 89.0 Å². The van der Waals surface area contributed by atoms with Crippen LogP contribution in [0, 0.1) is 13.8 Å². The van der Waals surface area contributed by atoms with E-state index in [1.165, 1.54) is 16.2 Å². The van der Waals surface area contributed by atoms with Crippen molar-refractivity contribution in [2.24, 2.45) is 0 Å². The number of carbonyl (C=O) groups is 2. The number of aliphatic hydroxyl groups excluding tert-OH is 1. The van der Waals surface area contributed by atoms with Crippen LogP contribution in [0.3, 0.4) is 0 Å². The van der Waals surface area contributed by atoms with Crippen LogP contribution in [0.4, 0.5) is 5.13 Å². The molecule has 1 aromatic heterocycles. The SMILES string of the molecule is CCCOc1ccc(C2C(=C(O)c3cc(C)ccc3C)C(=O)C(=O)N2c2nc3ccc(OC)cc3s2)cc1. The number of aliphatic hydroxyl groups is 1. The molecule has 5 rings (SSSR count). The van der Waals surface area contributed by atoms with E-state index in [0.29, 0.717) is 39.9 Å². The Morgan fingerprint density at radius 2 is 1.76 bits per heavy atom. The quantitative estimate of drug-likeness (QED) is 0.171. The third-order valence-electron chi connectivity index (χ3n) is 6.55. The number of carbonyl (C=O) groups excluding carboxylic acids is 2. The highest BCUT2D eigenvalue weighted by atomic mass is 32.1. The fourth-order valence-corrected chi connectivity index (χ4v) is 5.59. The van der Waals surface area contributed by atoms with E-state index in [1.54, 1.807) is 13.2 Å². The maximum Gasteiger partial charge on any atom is 0.301 e. The summed E-state index contributed by atoms with van der Waals surface area (Å²) in [7, 11) is 1.59. The van der Waals surface area contributed by atoms with Crippen LogP contribution < -0.4 is 14.4 Å². The van der Waals surface area contributed by atoms with Crippen molar-refractivity contribution in [3.63, 3.8) is 0 Å². The molecule has 0 aliphatic carbocycles. The lowest BCUT2D eigenvalue weighted by molar-refractivity contribution is -0.132. The first-order chi connectivity index (χ1) is 18.3. The van der Waals surface area contributed by atoms with Gasteiger partial charge in [0.1, 0.15) is 17.3 Å². The normalized spacial score (nSPS) is 16.8. The Kier molecular flexibility index (Phi) is 6.91. The van der Waals surface area contributed by atoms with Gasteiger partial charge in [-0.1, -0.05) is 48.1 Å². The van der Waals surface area contributed by atoms with E-state index in [0.717, 1.165) is 22.2 Å². The molecule has 8 heteroatoms. The zero-order chi connectivity index (χ0) is 27.0. The van der Waals surface area contributed by atoms with Crippen LogP contribution in [-0.4, -0.2) is 35.5 Å². The van der Waals surface area contributed by atoms with Gasteiger partial charge in [-0.05, 0) is 67.8 Å². The molecule has 3 aromatic carbocycles. The molecular formula is C30H28N2O5S. The van der Waals surface area contributed by atoms with Gasteiger partial charge in [0, 0.05) is 5.56 Å². The smallest absolute Gasteiger partial charge is 0.301 e. The first kappa shape index (κ1) is 25.5. The van der Waals surface area contributed by atoms with Crippen LogP contribution in [0.25, 0.3) is 16.0 Å². The molecule has 1 aliphatic rings. The molecule has 1 fully saturated rings. The fraction of sp³-hybridized carbons (Fsp3) is 0.233. The molecule has 0 radical (unpaired) electrons. The van der Waals surface area contributed by atoms with Gasteiger partial charge < -0.3 is 14.6 Å². The van der Waals surface area contributed by atoms with Gasteiger partial charge in [-0.2, -0.15) is 0 Å². The Morgan fingerprint density at radius 1 is 1.03 bits per heavy atom. The van der Waals surface area contributed by atoms with E-state index >= 15 is 0 Å². The number of hydrogen-bond donors (Lipinski definition) is 1. The van der Waals surface area contributed by atoms with Crippen molar-refractivity contribution in [2.45, 2.75) is 33.2 Å². The molecule has 1 saturated heterocycles. The number of aryl methyl sites for hydroxylation is 2. The van der Waals surface area contributed by atoms with E-state index in [2.05, 4.69) is 4.98 Å². The third-order valence-corrected chi connectivity index (χ3v) is 7.57. The van der Waals surface area contributed by atoms with E-state index in [-0.39, 0.29) is 11.3 Å². The van der Waals surface area contributed by atoms with Crippen LogP contribution in [0.15, 0.2) is 66.2 Å². The number of ether oxygens (including phenoxy) is 2. The van der Waals surface area contributed by atoms with Crippen LogP contribution in [-0.2, 0) is 9.59 Å². The van der Waals surface area contributed by atoms with E-state index in [1.807, 2.05) is 75.4 Å². The molecule has 38 heavy (non-hydrogen) atoms. The summed E-state index contributed by atoms with van der Waals surface area (Å²) in [5, 5.41) is 11.9. The minimum atomic E-state index is -0.863. The van der Waals surface area contributed by atoms with Gasteiger partial charge in [0.15, 0.2) is 5.13 Å². The first-order valence-electron chi connectivity index (χ1n) is 12.4. The van der Waals surface area contributed by atoms with Crippen molar-refractivity contribution in [1.29, 1.82) is 0 Å². The fourth-order valence-electron chi connectivity index (χ4n) is 4.57. The van der Waals surface area contributed by atoms with Gasteiger partial charge in [-0.15, -0.1) is 0 Å². The Hall–Kier alpha value is -4.17.